The zero-order chi connectivity index (χ0) is 16.3. The molecule has 22 heavy (non-hydrogen) atoms. The SMILES string of the molecule is C=Cc1cc2cc(C(=O)C[C@H](C)C(=O)OC)sc2cc1OC. The highest BCUT2D eigenvalue weighted by molar-refractivity contribution is 7.20. The van der Waals surface area contributed by atoms with Crippen molar-refractivity contribution in [3.8, 4) is 5.75 Å². The molecule has 1 aromatic heterocycles. The van der Waals surface area contributed by atoms with Crippen molar-refractivity contribution in [3.63, 3.8) is 0 Å². The second-order valence-electron chi connectivity index (χ2n) is 5.00. The number of ketones is 1. The van der Waals surface area contributed by atoms with Crippen molar-refractivity contribution >= 4 is 39.3 Å². The maximum Gasteiger partial charge on any atom is 0.308 e. The number of ether oxygens (including phenoxy) is 2. The van der Waals surface area contributed by atoms with Crippen LogP contribution in [0.15, 0.2) is 24.8 Å². The maximum atomic E-state index is 12.3. The lowest BCUT2D eigenvalue weighted by atomic mass is 10.0. The summed E-state index contributed by atoms with van der Waals surface area (Å²) in [4.78, 5) is 24.4. The van der Waals surface area contributed by atoms with Crippen molar-refractivity contribution < 1.29 is 19.1 Å². The highest BCUT2D eigenvalue weighted by Crippen LogP contribution is 2.33. The van der Waals surface area contributed by atoms with E-state index in [-0.39, 0.29) is 18.2 Å². The first-order valence-electron chi connectivity index (χ1n) is 6.85. The molecule has 0 saturated carbocycles. The van der Waals surface area contributed by atoms with Crippen molar-refractivity contribution in [2.75, 3.05) is 14.2 Å². The van der Waals surface area contributed by atoms with Crippen LogP contribution in [0.1, 0.15) is 28.6 Å². The van der Waals surface area contributed by atoms with Gasteiger partial charge < -0.3 is 9.47 Å². The second kappa shape index (κ2) is 6.75. The summed E-state index contributed by atoms with van der Waals surface area (Å²) in [6.45, 7) is 5.45. The Balaban J connectivity index is 2.31. The summed E-state index contributed by atoms with van der Waals surface area (Å²) in [6, 6.07) is 5.69. The van der Waals surface area contributed by atoms with E-state index in [9.17, 15) is 9.59 Å². The van der Waals surface area contributed by atoms with Crippen LogP contribution in [0.5, 0.6) is 5.75 Å². The lowest BCUT2D eigenvalue weighted by Gasteiger charge is -2.06. The number of hydrogen-bond donors (Lipinski definition) is 0. The van der Waals surface area contributed by atoms with Crippen LogP contribution in [0.25, 0.3) is 16.2 Å². The molecule has 0 bridgehead atoms. The van der Waals surface area contributed by atoms with E-state index >= 15 is 0 Å². The highest BCUT2D eigenvalue weighted by atomic mass is 32.1. The summed E-state index contributed by atoms with van der Waals surface area (Å²) in [6.07, 6.45) is 1.86. The molecule has 0 aliphatic carbocycles. The van der Waals surface area contributed by atoms with Gasteiger partial charge in [-0.15, -0.1) is 11.3 Å². The van der Waals surface area contributed by atoms with Gasteiger partial charge in [0.15, 0.2) is 5.78 Å². The predicted molar refractivity (Wildman–Crippen MR) is 88.6 cm³/mol. The second-order valence-corrected chi connectivity index (χ2v) is 6.08. The van der Waals surface area contributed by atoms with E-state index in [4.69, 9.17) is 4.74 Å². The first-order chi connectivity index (χ1) is 10.5. The summed E-state index contributed by atoms with van der Waals surface area (Å²) in [5.41, 5.74) is 0.884. The molecule has 2 rings (SSSR count). The Morgan fingerprint density at radius 2 is 2.05 bits per heavy atom. The molecule has 0 N–H and O–H groups in total. The van der Waals surface area contributed by atoms with E-state index in [0.29, 0.717) is 4.88 Å². The fraction of sp³-hybridized carbons (Fsp3) is 0.294. The minimum Gasteiger partial charge on any atom is -0.496 e. The number of thiophene rings is 1. The van der Waals surface area contributed by atoms with Crippen LogP contribution in [0, 0.1) is 5.92 Å². The van der Waals surface area contributed by atoms with Gasteiger partial charge in [-0.25, -0.2) is 0 Å². The van der Waals surface area contributed by atoms with Crippen LogP contribution in [0.3, 0.4) is 0 Å². The molecule has 5 heteroatoms. The number of fused-ring (bicyclic) bond motifs is 1. The van der Waals surface area contributed by atoms with Crippen LogP contribution in [-0.2, 0) is 9.53 Å². The van der Waals surface area contributed by atoms with Gasteiger partial charge in [0, 0.05) is 16.7 Å². The van der Waals surface area contributed by atoms with Gasteiger partial charge in [-0.05, 0) is 23.6 Å². The fourth-order valence-corrected chi connectivity index (χ4v) is 3.24. The Morgan fingerprint density at radius 3 is 2.64 bits per heavy atom. The molecule has 1 heterocycles. The van der Waals surface area contributed by atoms with Gasteiger partial charge in [0.2, 0.25) is 0 Å². The molecule has 0 fully saturated rings. The topological polar surface area (TPSA) is 52.6 Å². The van der Waals surface area contributed by atoms with Crippen LogP contribution in [0.4, 0.5) is 0 Å². The van der Waals surface area contributed by atoms with E-state index in [1.165, 1.54) is 18.4 Å². The van der Waals surface area contributed by atoms with E-state index in [2.05, 4.69) is 11.3 Å². The standard InChI is InChI=1S/C17H18O4S/c1-5-11-7-12-8-16(22-15(12)9-14(11)20-3)13(18)6-10(2)17(19)21-4/h5,7-10H,1,6H2,2-4H3/t10-/m0/s1. The van der Waals surface area contributed by atoms with Gasteiger partial charge in [-0.2, -0.15) is 0 Å². The van der Waals surface area contributed by atoms with Gasteiger partial charge in [0.1, 0.15) is 5.75 Å². The lowest BCUT2D eigenvalue weighted by molar-refractivity contribution is -0.144. The number of hydrogen-bond acceptors (Lipinski definition) is 5. The van der Waals surface area contributed by atoms with E-state index < -0.39 is 5.92 Å². The summed E-state index contributed by atoms with van der Waals surface area (Å²) < 4.78 is 10.9. The summed E-state index contributed by atoms with van der Waals surface area (Å²) >= 11 is 1.40. The molecule has 4 nitrogen and oxygen atoms in total. The molecule has 0 unspecified atom stereocenters. The third kappa shape index (κ3) is 3.20. The predicted octanol–water partition coefficient (Wildman–Crippen LogP) is 3.93. The fourth-order valence-electron chi connectivity index (χ4n) is 2.22. The molecule has 0 aliphatic heterocycles. The molecule has 1 aromatic carbocycles. The van der Waals surface area contributed by atoms with E-state index in [0.717, 1.165) is 21.4 Å². The smallest absolute Gasteiger partial charge is 0.308 e. The van der Waals surface area contributed by atoms with Crippen molar-refractivity contribution in [1.29, 1.82) is 0 Å². The van der Waals surface area contributed by atoms with Crippen molar-refractivity contribution in [3.05, 3.63) is 35.2 Å². The van der Waals surface area contributed by atoms with Gasteiger partial charge in [0.25, 0.3) is 0 Å². The van der Waals surface area contributed by atoms with Crippen LogP contribution in [-0.4, -0.2) is 26.0 Å². The van der Waals surface area contributed by atoms with E-state index in [1.54, 1.807) is 20.1 Å². The first kappa shape index (κ1) is 16.2. The third-order valence-electron chi connectivity index (χ3n) is 3.46. The molecule has 116 valence electrons. The monoisotopic (exact) mass is 318 g/mol. The normalized spacial score (nSPS) is 12.0. The van der Waals surface area contributed by atoms with Gasteiger partial charge in [0.05, 0.1) is 25.0 Å². The third-order valence-corrected chi connectivity index (χ3v) is 4.60. The zero-order valence-electron chi connectivity index (χ0n) is 12.8. The number of carbonyl (C=O) groups excluding carboxylic acids is 2. The van der Waals surface area contributed by atoms with Crippen LogP contribution < -0.4 is 4.74 Å². The average molecular weight is 318 g/mol. The van der Waals surface area contributed by atoms with Gasteiger partial charge >= 0.3 is 5.97 Å². The minimum atomic E-state index is -0.444. The Kier molecular flexibility index (Phi) is 4.98. The number of methoxy groups -OCH3 is 2. The molecule has 0 spiro atoms. The summed E-state index contributed by atoms with van der Waals surface area (Å²) in [5.74, 6) is -0.143. The van der Waals surface area contributed by atoms with Crippen LogP contribution >= 0.6 is 11.3 Å². The molecule has 1 atom stereocenters. The zero-order valence-corrected chi connectivity index (χ0v) is 13.7. The summed E-state index contributed by atoms with van der Waals surface area (Å²) in [7, 11) is 2.93. The highest BCUT2D eigenvalue weighted by Gasteiger charge is 2.20. The molecular weight excluding hydrogens is 300 g/mol. The number of rotatable bonds is 6. The molecule has 0 aliphatic rings. The maximum absolute atomic E-state index is 12.3. The Bertz CT molecular complexity index is 730. The van der Waals surface area contributed by atoms with Crippen molar-refractivity contribution in [2.24, 2.45) is 5.92 Å². The molecule has 0 amide bonds. The van der Waals surface area contributed by atoms with Crippen LogP contribution in [0.2, 0.25) is 0 Å². The first-order valence-corrected chi connectivity index (χ1v) is 7.66. The lowest BCUT2D eigenvalue weighted by Crippen LogP contribution is -2.16. The Morgan fingerprint density at radius 1 is 1.32 bits per heavy atom. The number of esters is 1. The number of Topliss-reactive ketones (excluding diaryl/α,β-unsaturated/α-hetero) is 1. The number of benzene rings is 1. The quantitative estimate of drug-likeness (QED) is 0.598. The van der Waals surface area contributed by atoms with Gasteiger partial charge in [-0.3, -0.25) is 9.59 Å². The summed E-state index contributed by atoms with van der Waals surface area (Å²) in [5, 5.41) is 0.967. The van der Waals surface area contributed by atoms with Crippen molar-refractivity contribution in [1.82, 2.24) is 0 Å². The molecular formula is C17H18O4S. The minimum absolute atomic E-state index is 0.0572. The molecule has 0 saturated heterocycles. The van der Waals surface area contributed by atoms with E-state index in [1.807, 2.05) is 18.2 Å². The molecule has 0 radical (unpaired) electrons. The molecule has 2 aromatic rings. The largest absolute Gasteiger partial charge is 0.496 e. The Hall–Kier alpha value is -2.14. The van der Waals surface area contributed by atoms with Gasteiger partial charge in [-0.1, -0.05) is 19.6 Å². The average Bonchev–Trinajstić information content (AvgIpc) is 2.95. The number of carbonyl (C=O) groups is 2. The van der Waals surface area contributed by atoms with Crippen molar-refractivity contribution in [2.45, 2.75) is 13.3 Å². The Labute approximate surface area is 133 Å².